The molecule has 0 saturated carbocycles. The molecule has 1 aromatic heterocycles. The molecule has 2 nitrogen and oxygen atoms in total. The number of aryl methyl sites for hydroxylation is 3. The first-order chi connectivity index (χ1) is 7.54. The van der Waals surface area contributed by atoms with Crippen molar-refractivity contribution in [3.63, 3.8) is 0 Å². The third-order valence-electron chi connectivity index (χ3n) is 2.85. The fourth-order valence-electron chi connectivity index (χ4n) is 2.07. The lowest BCUT2D eigenvalue weighted by Gasteiger charge is -2.12. The predicted octanol–water partition coefficient (Wildman–Crippen LogP) is 3.96. The van der Waals surface area contributed by atoms with Crippen molar-refractivity contribution in [1.82, 2.24) is 4.98 Å². The van der Waals surface area contributed by atoms with Gasteiger partial charge in [0.2, 0.25) is 0 Å². The lowest BCUT2D eigenvalue weighted by molar-refractivity contribution is 1.23. The molecule has 0 spiro atoms. The quantitative estimate of drug-likeness (QED) is 0.854. The van der Waals surface area contributed by atoms with Gasteiger partial charge in [-0.2, -0.15) is 0 Å². The Labute approximate surface area is 104 Å². The predicted molar refractivity (Wildman–Crippen MR) is 73.2 cm³/mol. The van der Waals surface area contributed by atoms with Crippen molar-refractivity contribution in [2.75, 3.05) is 12.4 Å². The molecule has 84 valence electrons. The molecule has 1 N–H and O–H groups in total. The highest BCUT2D eigenvalue weighted by Gasteiger charge is 2.10. The molecule has 0 amide bonds. The van der Waals surface area contributed by atoms with Gasteiger partial charge in [0.1, 0.15) is 0 Å². The molecule has 2 aromatic rings. The van der Waals surface area contributed by atoms with Gasteiger partial charge in [-0.25, -0.2) is 0 Å². The van der Waals surface area contributed by atoms with Crippen LogP contribution >= 0.6 is 15.9 Å². The van der Waals surface area contributed by atoms with Crippen molar-refractivity contribution in [2.24, 2.45) is 0 Å². The Morgan fingerprint density at radius 3 is 2.50 bits per heavy atom. The Hall–Kier alpha value is -1.09. The smallest absolute Gasteiger partial charge is 0.0732 e. The summed E-state index contributed by atoms with van der Waals surface area (Å²) in [5.41, 5.74) is 5.71. The van der Waals surface area contributed by atoms with Crippen LogP contribution in [0.5, 0.6) is 0 Å². The van der Waals surface area contributed by atoms with Crippen LogP contribution in [0, 0.1) is 20.8 Å². The summed E-state index contributed by atoms with van der Waals surface area (Å²) in [5, 5.41) is 4.44. The average molecular weight is 279 g/mol. The minimum atomic E-state index is 1.04. The summed E-state index contributed by atoms with van der Waals surface area (Å²) in [7, 11) is 1.95. The van der Waals surface area contributed by atoms with Crippen LogP contribution in [0.25, 0.3) is 10.9 Å². The number of nitrogens with one attached hydrogen (secondary N) is 1. The molecule has 0 fully saturated rings. The fraction of sp³-hybridized carbons (Fsp3) is 0.308. The van der Waals surface area contributed by atoms with Crippen LogP contribution in [0.1, 0.15) is 16.8 Å². The van der Waals surface area contributed by atoms with Crippen LogP contribution in [-0.2, 0) is 0 Å². The summed E-state index contributed by atoms with van der Waals surface area (Å²) < 4.78 is 1.17. The minimum Gasteiger partial charge on any atom is -0.388 e. The molecule has 0 atom stereocenters. The van der Waals surface area contributed by atoms with E-state index in [-0.39, 0.29) is 0 Å². The standard InChI is InChI=1S/C13H15BrN2/c1-7-5-11-12(9(3)13(7)14)10(15-4)6-8(2)16-11/h5-6H,1-4H3,(H,15,16). The second-order valence-electron chi connectivity index (χ2n) is 4.09. The van der Waals surface area contributed by atoms with Crippen molar-refractivity contribution in [2.45, 2.75) is 20.8 Å². The molecule has 0 aliphatic rings. The highest BCUT2D eigenvalue weighted by Crippen LogP contribution is 2.33. The van der Waals surface area contributed by atoms with E-state index in [0.29, 0.717) is 0 Å². The SMILES string of the molecule is CNc1cc(C)nc2cc(C)c(Br)c(C)c12. The van der Waals surface area contributed by atoms with Gasteiger partial charge in [-0.1, -0.05) is 15.9 Å². The summed E-state index contributed by atoms with van der Waals surface area (Å²) in [6, 6.07) is 4.21. The normalized spacial score (nSPS) is 10.8. The van der Waals surface area contributed by atoms with Crippen molar-refractivity contribution in [3.8, 4) is 0 Å². The summed E-state index contributed by atoms with van der Waals surface area (Å²) in [6.45, 7) is 6.24. The van der Waals surface area contributed by atoms with Gasteiger partial charge in [0.25, 0.3) is 0 Å². The molecule has 0 aliphatic heterocycles. The molecule has 1 heterocycles. The Morgan fingerprint density at radius 1 is 1.19 bits per heavy atom. The second-order valence-corrected chi connectivity index (χ2v) is 4.88. The number of anilines is 1. The molecule has 0 saturated heterocycles. The van der Waals surface area contributed by atoms with Crippen molar-refractivity contribution in [1.29, 1.82) is 0 Å². The summed E-state index contributed by atoms with van der Waals surface area (Å²) in [5.74, 6) is 0. The zero-order valence-corrected chi connectivity index (χ0v) is 11.6. The molecular weight excluding hydrogens is 264 g/mol. The third kappa shape index (κ3) is 1.69. The highest BCUT2D eigenvalue weighted by atomic mass is 79.9. The summed E-state index contributed by atoms with van der Waals surface area (Å²) in [4.78, 5) is 4.59. The maximum absolute atomic E-state index is 4.59. The Balaban J connectivity index is 2.95. The molecule has 3 heteroatoms. The maximum atomic E-state index is 4.59. The first-order valence-corrected chi connectivity index (χ1v) is 6.08. The van der Waals surface area contributed by atoms with E-state index in [1.807, 2.05) is 14.0 Å². The van der Waals surface area contributed by atoms with E-state index < -0.39 is 0 Å². The first-order valence-electron chi connectivity index (χ1n) is 5.29. The second kappa shape index (κ2) is 4.06. The van der Waals surface area contributed by atoms with Crippen LogP contribution in [0.15, 0.2) is 16.6 Å². The monoisotopic (exact) mass is 278 g/mol. The minimum absolute atomic E-state index is 1.04. The van der Waals surface area contributed by atoms with E-state index in [4.69, 9.17) is 0 Å². The molecule has 16 heavy (non-hydrogen) atoms. The van der Waals surface area contributed by atoms with E-state index in [9.17, 15) is 0 Å². The molecule has 0 aliphatic carbocycles. The number of fused-ring (bicyclic) bond motifs is 1. The van der Waals surface area contributed by atoms with Crippen LogP contribution in [0.3, 0.4) is 0 Å². The Bertz CT molecular complexity index is 562. The van der Waals surface area contributed by atoms with E-state index in [2.05, 4.69) is 52.2 Å². The van der Waals surface area contributed by atoms with Crippen molar-refractivity contribution in [3.05, 3.63) is 33.4 Å². The van der Waals surface area contributed by atoms with E-state index in [1.54, 1.807) is 0 Å². The summed E-state index contributed by atoms with van der Waals surface area (Å²) in [6.07, 6.45) is 0. The highest BCUT2D eigenvalue weighted by molar-refractivity contribution is 9.10. The van der Waals surface area contributed by atoms with Gasteiger partial charge >= 0.3 is 0 Å². The first kappa shape index (κ1) is 11.4. The Morgan fingerprint density at radius 2 is 1.88 bits per heavy atom. The lowest BCUT2D eigenvalue weighted by atomic mass is 10.0. The van der Waals surface area contributed by atoms with Gasteiger partial charge < -0.3 is 5.32 Å². The van der Waals surface area contributed by atoms with Crippen LogP contribution in [0.2, 0.25) is 0 Å². The van der Waals surface area contributed by atoms with E-state index in [1.165, 1.54) is 21.0 Å². The molecule has 0 unspecified atom stereocenters. The number of pyridine rings is 1. The van der Waals surface area contributed by atoms with Gasteiger partial charge in [0.05, 0.1) is 5.52 Å². The number of hydrogen-bond donors (Lipinski definition) is 1. The summed E-state index contributed by atoms with van der Waals surface area (Å²) >= 11 is 3.63. The number of rotatable bonds is 1. The number of nitrogens with zero attached hydrogens (tertiary/aromatic N) is 1. The van der Waals surface area contributed by atoms with Gasteiger partial charge in [0, 0.05) is 28.3 Å². The number of benzene rings is 1. The molecule has 0 radical (unpaired) electrons. The van der Waals surface area contributed by atoms with Gasteiger partial charge in [-0.15, -0.1) is 0 Å². The largest absolute Gasteiger partial charge is 0.388 e. The van der Waals surface area contributed by atoms with E-state index in [0.717, 1.165) is 16.9 Å². The zero-order valence-electron chi connectivity index (χ0n) is 9.98. The number of halogens is 1. The van der Waals surface area contributed by atoms with Crippen molar-refractivity contribution < 1.29 is 0 Å². The van der Waals surface area contributed by atoms with Gasteiger partial charge in [0.15, 0.2) is 0 Å². The van der Waals surface area contributed by atoms with Gasteiger partial charge in [-0.05, 0) is 44.0 Å². The number of hydrogen-bond acceptors (Lipinski definition) is 2. The van der Waals surface area contributed by atoms with Crippen LogP contribution < -0.4 is 5.32 Å². The average Bonchev–Trinajstić information content (AvgIpc) is 2.24. The fourth-order valence-corrected chi connectivity index (χ4v) is 2.38. The lowest BCUT2D eigenvalue weighted by Crippen LogP contribution is -1.97. The van der Waals surface area contributed by atoms with Crippen LogP contribution in [-0.4, -0.2) is 12.0 Å². The number of aromatic nitrogens is 1. The third-order valence-corrected chi connectivity index (χ3v) is 4.07. The topological polar surface area (TPSA) is 24.9 Å². The molecule has 0 bridgehead atoms. The zero-order chi connectivity index (χ0) is 11.9. The van der Waals surface area contributed by atoms with E-state index >= 15 is 0 Å². The Kier molecular flexibility index (Phi) is 2.89. The van der Waals surface area contributed by atoms with Gasteiger partial charge in [-0.3, -0.25) is 4.98 Å². The van der Waals surface area contributed by atoms with Crippen molar-refractivity contribution >= 4 is 32.5 Å². The molecular formula is C13H15BrN2. The molecule has 2 rings (SSSR count). The molecule has 1 aromatic carbocycles. The maximum Gasteiger partial charge on any atom is 0.0732 e. The van der Waals surface area contributed by atoms with Crippen LogP contribution in [0.4, 0.5) is 5.69 Å².